The Morgan fingerprint density at radius 2 is 2.16 bits per heavy atom. The van der Waals surface area contributed by atoms with Crippen LogP contribution in [0.25, 0.3) is 0 Å². The summed E-state index contributed by atoms with van der Waals surface area (Å²) in [5.74, 6) is 0. The molecule has 0 aromatic heterocycles. The van der Waals surface area contributed by atoms with E-state index in [0.717, 1.165) is 13.2 Å². The largest absolute Gasteiger partial charge is 0.378 e. The molecule has 2 atom stereocenters. The molecule has 1 aromatic carbocycles. The standard InChI is InChI=1S/C16H24INO/c1-2-11-18-16(10-9-15-4-3-12-19-15)13-5-7-14(17)8-6-13/h5-8,15-16,18H,2-4,9-12H2,1H3. The van der Waals surface area contributed by atoms with Crippen LogP contribution in [0.5, 0.6) is 0 Å². The Hall–Kier alpha value is -0.130. The van der Waals surface area contributed by atoms with Gasteiger partial charge in [0.1, 0.15) is 0 Å². The molecule has 0 spiro atoms. The summed E-state index contributed by atoms with van der Waals surface area (Å²) in [4.78, 5) is 0. The Kier molecular flexibility index (Phi) is 6.61. The Morgan fingerprint density at radius 1 is 1.37 bits per heavy atom. The second-order valence-corrected chi connectivity index (χ2v) is 6.52. The molecule has 0 amide bonds. The van der Waals surface area contributed by atoms with Gasteiger partial charge < -0.3 is 10.1 Å². The van der Waals surface area contributed by atoms with Gasteiger partial charge in [0, 0.05) is 16.2 Å². The molecule has 2 rings (SSSR count). The minimum atomic E-state index is 0.473. The summed E-state index contributed by atoms with van der Waals surface area (Å²) in [5, 5.41) is 3.67. The van der Waals surface area contributed by atoms with Crippen molar-refractivity contribution in [2.45, 2.75) is 51.2 Å². The van der Waals surface area contributed by atoms with Gasteiger partial charge in [-0.3, -0.25) is 0 Å². The lowest BCUT2D eigenvalue weighted by molar-refractivity contribution is 0.0996. The van der Waals surface area contributed by atoms with Crippen molar-refractivity contribution in [3.05, 3.63) is 33.4 Å². The fourth-order valence-electron chi connectivity index (χ4n) is 2.62. The van der Waals surface area contributed by atoms with Gasteiger partial charge in [-0.05, 0) is 78.9 Å². The molecule has 2 nitrogen and oxygen atoms in total. The smallest absolute Gasteiger partial charge is 0.0576 e. The first kappa shape index (κ1) is 15.3. The van der Waals surface area contributed by atoms with Crippen molar-refractivity contribution in [3.8, 4) is 0 Å². The van der Waals surface area contributed by atoms with Crippen LogP contribution in [-0.4, -0.2) is 19.3 Å². The predicted octanol–water partition coefficient (Wildman–Crippen LogP) is 4.29. The van der Waals surface area contributed by atoms with Crippen LogP contribution in [-0.2, 0) is 4.74 Å². The number of hydrogen-bond acceptors (Lipinski definition) is 2. The van der Waals surface area contributed by atoms with E-state index in [1.165, 1.54) is 41.2 Å². The van der Waals surface area contributed by atoms with Gasteiger partial charge in [-0.2, -0.15) is 0 Å². The molecule has 1 aliphatic rings. The summed E-state index contributed by atoms with van der Waals surface area (Å²) >= 11 is 2.36. The average molecular weight is 373 g/mol. The van der Waals surface area contributed by atoms with Gasteiger partial charge in [-0.15, -0.1) is 0 Å². The van der Waals surface area contributed by atoms with Crippen LogP contribution in [0, 0.1) is 3.57 Å². The summed E-state index contributed by atoms with van der Waals surface area (Å²) < 4.78 is 7.03. The lowest BCUT2D eigenvalue weighted by Crippen LogP contribution is -2.23. The van der Waals surface area contributed by atoms with Crippen molar-refractivity contribution in [2.75, 3.05) is 13.2 Å². The molecule has 106 valence electrons. The zero-order valence-corrected chi connectivity index (χ0v) is 13.9. The fraction of sp³-hybridized carbons (Fsp3) is 0.625. The molecule has 1 fully saturated rings. The lowest BCUT2D eigenvalue weighted by Gasteiger charge is -2.21. The quantitative estimate of drug-likeness (QED) is 0.720. The van der Waals surface area contributed by atoms with Gasteiger partial charge >= 0.3 is 0 Å². The minimum Gasteiger partial charge on any atom is -0.378 e. The van der Waals surface area contributed by atoms with Crippen molar-refractivity contribution in [3.63, 3.8) is 0 Å². The third-order valence-electron chi connectivity index (χ3n) is 3.71. The summed E-state index contributed by atoms with van der Waals surface area (Å²) in [6.07, 6.45) is 6.50. The highest BCUT2D eigenvalue weighted by Gasteiger charge is 2.18. The SMILES string of the molecule is CCCNC(CCC1CCCO1)c1ccc(I)cc1. The highest BCUT2D eigenvalue weighted by atomic mass is 127. The van der Waals surface area contributed by atoms with Crippen molar-refractivity contribution in [1.29, 1.82) is 0 Å². The van der Waals surface area contributed by atoms with Gasteiger partial charge in [-0.25, -0.2) is 0 Å². The normalized spacial score (nSPS) is 20.6. The molecule has 0 aliphatic carbocycles. The Balaban J connectivity index is 1.91. The first-order chi connectivity index (χ1) is 9.29. The van der Waals surface area contributed by atoms with Crippen LogP contribution >= 0.6 is 22.6 Å². The molecule has 1 N–H and O–H groups in total. The summed E-state index contributed by atoms with van der Waals surface area (Å²) in [6.45, 7) is 4.27. The summed E-state index contributed by atoms with van der Waals surface area (Å²) in [6, 6.07) is 9.38. The van der Waals surface area contributed by atoms with E-state index in [1.54, 1.807) is 0 Å². The van der Waals surface area contributed by atoms with Crippen molar-refractivity contribution in [1.82, 2.24) is 5.32 Å². The topological polar surface area (TPSA) is 21.3 Å². The van der Waals surface area contributed by atoms with E-state index in [0.29, 0.717) is 12.1 Å². The predicted molar refractivity (Wildman–Crippen MR) is 88.4 cm³/mol. The average Bonchev–Trinajstić information content (AvgIpc) is 2.93. The first-order valence-corrected chi connectivity index (χ1v) is 8.48. The highest BCUT2D eigenvalue weighted by Crippen LogP contribution is 2.24. The van der Waals surface area contributed by atoms with E-state index in [9.17, 15) is 0 Å². The fourth-order valence-corrected chi connectivity index (χ4v) is 2.98. The van der Waals surface area contributed by atoms with Gasteiger partial charge in [0.2, 0.25) is 0 Å². The van der Waals surface area contributed by atoms with E-state index in [1.807, 2.05) is 0 Å². The molecule has 1 aromatic rings. The number of nitrogens with one attached hydrogen (secondary N) is 1. The zero-order chi connectivity index (χ0) is 13.5. The molecule has 1 saturated heterocycles. The molecule has 0 bridgehead atoms. The maximum atomic E-state index is 5.73. The molecular weight excluding hydrogens is 349 g/mol. The van der Waals surface area contributed by atoms with Gasteiger partial charge in [0.15, 0.2) is 0 Å². The monoisotopic (exact) mass is 373 g/mol. The number of hydrogen-bond donors (Lipinski definition) is 1. The summed E-state index contributed by atoms with van der Waals surface area (Å²) in [7, 11) is 0. The van der Waals surface area contributed by atoms with Gasteiger partial charge in [0.25, 0.3) is 0 Å². The van der Waals surface area contributed by atoms with Gasteiger partial charge in [-0.1, -0.05) is 19.1 Å². The maximum Gasteiger partial charge on any atom is 0.0576 e. The van der Waals surface area contributed by atoms with E-state index in [2.05, 4.69) is 59.1 Å². The summed E-state index contributed by atoms with van der Waals surface area (Å²) in [5.41, 5.74) is 1.41. The number of halogens is 1. The van der Waals surface area contributed by atoms with Gasteiger partial charge in [0.05, 0.1) is 6.10 Å². The van der Waals surface area contributed by atoms with E-state index >= 15 is 0 Å². The Morgan fingerprint density at radius 3 is 2.79 bits per heavy atom. The van der Waals surface area contributed by atoms with E-state index in [4.69, 9.17) is 4.74 Å². The molecule has 0 saturated carbocycles. The van der Waals surface area contributed by atoms with E-state index in [-0.39, 0.29) is 0 Å². The zero-order valence-electron chi connectivity index (χ0n) is 11.7. The first-order valence-electron chi connectivity index (χ1n) is 7.40. The lowest BCUT2D eigenvalue weighted by atomic mass is 9.99. The highest BCUT2D eigenvalue weighted by molar-refractivity contribution is 14.1. The second kappa shape index (κ2) is 8.22. The third kappa shape index (κ3) is 5.04. The Labute approximate surface area is 130 Å². The van der Waals surface area contributed by atoms with Crippen LogP contribution in [0.3, 0.4) is 0 Å². The van der Waals surface area contributed by atoms with Crippen molar-refractivity contribution in [2.24, 2.45) is 0 Å². The maximum absolute atomic E-state index is 5.73. The molecule has 0 radical (unpaired) electrons. The van der Waals surface area contributed by atoms with Crippen LogP contribution in [0.4, 0.5) is 0 Å². The molecular formula is C16H24INO. The number of benzene rings is 1. The van der Waals surface area contributed by atoms with Crippen LogP contribution in [0.15, 0.2) is 24.3 Å². The molecule has 1 heterocycles. The van der Waals surface area contributed by atoms with Crippen LogP contribution in [0.2, 0.25) is 0 Å². The minimum absolute atomic E-state index is 0.473. The second-order valence-electron chi connectivity index (χ2n) is 5.27. The number of ether oxygens (including phenoxy) is 1. The van der Waals surface area contributed by atoms with Crippen LogP contribution in [0.1, 0.15) is 50.6 Å². The van der Waals surface area contributed by atoms with Crippen molar-refractivity contribution >= 4 is 22.6 Å². The molecule has 2 unspecified atom stereocenters. The molecule has 19 heavy (non-hydrogen) atoms. The molecule has 3 heteroatoms. The van der Waals surface area contributed by atoms with Crippen LogP contribution < -0.4 is 5.32 Å². The third-order valence-corrected chi connectivity index (χ3v) is 4.43. The van der Waals surface area contributed by atoms with E-state index < -0.39 is 0 Å². The molecule has 1 aliphatic heterocycles. The van der Waals surface area contributed by atoms with Crippen molar-refractivity contribution < 1.29 is 4.74 Å². The number of rotatable bonds is 7. The Bertz CT molecular complexity index is 360.